The summed E-state index contributed by atoms with van der Waals surface area (Å²) in [5.74, 6) is 0. The van der Waals surface area contributed by atoms with E-state index in [2.05, 4.69) is 15.7 Å². The second kappa shape index (κ2) is 7.49. The van der Waals surface area contributed by atoms with Gasteiger partial charge in [-0.15, -0.1) is 0 Å². The molecule has 0 bridgehead atoms. The predicted molar refractivity (Wildman–Crippen MR) is 95.6 cm³/mol. The molecule has 6 heteroatoms. The summed E-state index contributed by atoms with van der Waals surface area (Å²) in [5.41, 5.74) is 2.96. The smallest absolute Gasteiger partial charge is 0.319 e. The molecule has 0 radical (unpaired) electrons. The molecule has 6 nitrogen and oxygen atoms in total. The average molecular weight is 330 g/mol. The number of anilines is 1. The van der Waals surface area contributed by atoms with Crippen molar-refractivity contribution in [1.82, 2.24) is 15.1 Å². The summed E-state index contributed by atoms with van der Waals surface area (Å²) in [4.78, 5) is 12.3. The Balaban J connectivity index is 2.15. The second-order valence-electron chi connectivity index (χ2n) is 6.11. The van der Waals surface area contributed by atoms with Gasteiger partial charge in [-0.2, -0.15) is 5.10 Å². The fraction of sp³-hybridized carbons (Fsp3) is 0.444. The highest BCUT2D eigenvalue weighted by molar-refractivity contribution is 5.90. The number of nitrogens with one attached hydrogen (secondary N) is 2. The van der Waals surface area contributed by atoms with Crippen molar-refractivity contribution in [2.75, 3.05) is 11.9 Å². The lowest BCUT2D eigenvalue weighted by Crippen LogP contribution is -2.52. The molecule has 0 saturated heterocycles. The van der Waals surface area contributed by atoms with Crippen LogP contribution in [-0.4, -0.2) is 33.1 Å². The summed E-state index contributed by atoms with van der Waals surface area (Å²) < 4.78 is 1.84. The van der Waals surface area contributed by atoms with Gasteiger partial charge in [0, 0.05) is 11.4 Å². The number of urea groups is 1. The maximum absolute atomic E-state index is 12.3. The number of carbonyl (C=O) groups excluding carboxylic acids is 1. The SMILES string of the molecule is CCC(CC)(CO)NC(=O)Nc1cccc(-n2nc(C)cc2C)c1. The number of rotatable bonds is 6. The monoisotopic (exact) mass is 330 g/mol. The van der Waals surface area contributed by atoms with Crippen molar-refractivity contribution in [2.45, 2.75) is 46.1 Å². The normalized spacial score (nSPS) is 11.4. The third kappa shape index (κ3) is 3.94. The van der Waals surface area contributed by atoms with E-state index in [9.17, 15) is 9.90 Å². The molecule has 130 valence electrons. The zero-order valence-corrected chi connectivity index (χ0v) is 14.8. The Labute approximate surface area is 142 Å². The van der Waals surface area contributed by atoms with E-state index in [1.807, 2.05) is 62.7 Å². The van der Waals surface area contributed by atoms with Crippen molar-refractivity contribution in [1.29, 1.82) is 0 Å². The summed E-state index contributed by atoms with van der Waals surface area (Å²) in [7, 11) is 0. The molecule has 0 saturated carbocycles. The quantitative estimate of drug-likeness (QED) is 0.761. The largest absolute Gasteiger partial charge is 0.394 e. The summed E-state index contributed by atoms with van der Waals surface area (Å²) in [5, 5.41) is 19.7. The number of aryl methyl sites for hydroxylation is 2. The van der Waals surface area contributed by atoms with Crippen LogP contribution in [0.1, 0.15) is 38.1 Å². The van der Waals surface area contributed by atoms with Crippen molar-refractivity contribution in [3.8, 4) is 5.69 Å². The highest BCUT2D eigenvalue weighted by Crippen LogP contribution is 2.18. The maximum atomic E-state index is 12.3. The highest BCUT2D eigenvalue weighted by atomic mass is 16.3. The lowest BCUT2D eigenvalue weighted by molar-refractivity contribution is 0.155. The van der Waals surface area contributed by atoms with Gasteiger partial charge in [-0.05, 0) is 51.0 Å². The summed E-state index contributed by atoms with van der Waals surface area (Å²) in [6.45, 7) is 7.75. The van der Waals surface area contributed by atoms with Gasteiger partial charge >= 0.3 is 6.03 Å². The van der Waals surface area contributed by atoms with Crippen molar-refractivity contribution in [3.05, 3.63) is 41.7 Å². The predicted octanol–water partition coefficient (Wildman–Crippen LogP) is 3.16. The fourth-order valence-electron chi connectivity index (χ4n) is 2.70. The average Bonchev–Trinajstić information content (AvgIpc) is 2.91. The van der Waals surface area contributed by atoms with Gasteiger partial charge in [-0.25, -0.2) is 9.48 Å². The zero-order valence-electron chi connectivity index (χ0n) is 14.8. The molecule has 2 aromatic rings. The van der Waals surface area contributed by atoms with Crippen molar-refractivity contribution >= 4 is 11.7 Å². The summed E-state index contributed by atoms with van der Waals surface area (Å²) in [6.07, 6.45) is 1.33. The second-order valence-corrected chi connectivity index (χ2v) is 6.11. The van der Waals surface area contributed by atoms with E-state index >= 15 is 0 Å². The molecule has 1 aromatic heterocycles. The molecule has 0 fully saturated rings. The molecule has 2 rings (SSSR count). The van der Waals surface area contributed by atoms with E-state index in [1.165, 1.54) is 0 Å². The van der Waals surface area contributed by atoms with Gasteiger partial charge in [0.15, 0.2) is 0 Å². The van der Waals surface area contributed by atoms with Gasteiger partial charge < -0.3 is 15.7 Å². The molecular formula is C18H26N4O2. The standard InChI is InChI=1S/C18H26N4O2/c1-5-18(6-2,12-23)20-17(24)19-15-8-7-9-16(11-15)22-14(4)10-13(3)21-22/h7-11,23H,5-6,12H2,1-4H3,(H2,19,20,24). The molecule has 3 N–H and O–H groups in total. The number of hydrogen-bond acceptors (Lipinski definition) is 3. The first kappa shape index (κ1) is 18.0. The Kier molecular flexibility index (Phi) is 5.62. The van der Waals surface area contributed by atoms with Crippen LogP contribution in [0.5, 0.6) is 0 Å². The molecule has 0 aliphatic rings. The minimum Gasteiger partial charge on any atom is -0.394 e. The highest BCUT2D eigenvalue weighted by Gasteiger charge is 2.27. The van der Waals surface area contributed by atoms with Crippen LogP contribution < -0.4 is 10.6 Å². The molecule has 0 spiro atoms. The zero-order chi connectivity index (χ0) is 17.7. The van der Waals surface area contributed by atoms with Crippen LogP contribution in [0.25, 0.3) is 5.69 Å². The maximum Gasteiger partial charge on any atom is 0.319 e. The van der Waals surface area contributed by atoms with Crippen LogP contribution in [0.3, 0.4) is 0 Å². The Morgan fingerprint density at radius 2 is 1.96 bits per heavy atom. The van der Waals surface area contributed by atoms with E-state index in [1.54, 1.807) is 0 Å². The molecule has 1 heterocycles. The Morgan fingerprint density at radius 1 is 1.25 bits per heavy atom. The number of carbonyl (C=O) groups is 1. The van der Waals surface area contributed by atoms with E-state index in [-0.39, 0.29) is 12.6 Å². The van der Waals surface area contributed by atoms with Gasteiger partial charge in [-0.3, -0.25) is 0 Å². The molecule has 0 unspecified atom stereocenters. The first-order valence-corrected chi connectivity index (χ1v) is 8.26. The van der Waals surface area contributed by atoms with E-state index in [0.29, 0.717) is 18.5 Å². The van der Waals surface area contributed by atoms with E-state index < -0.39 is 5.54 Å². The Morgan fingerprint density at radius 3 is 2.50 bits per heavy atom. The van der Waals surface area contributed by atoms with Crippen LogP contribution in [0.15, 0.2) is 30.3 Å². The van der Waals surface area contributed by atoms with Crippen molar-refractivity contribution in [2.24, 2.45) is 0 Å². The molecule has 0 aliphatic heterocycles. The molecular weight excluding hydrogens is 304 g/mol. The van der Waals surface area contributed by atoms with E-state index in [4.69, 9.17) is 0 Å². The first-order valence-electron chi connectivity index (χ1n) is 8.26. The lowest BCUT2D eigenvalue weighted by Gasteiger charge is -2.30. The third-order valence-corrected chi connectivity index (χ3v) is 4.39. The van der Waals surface area contributed by atoms with Crippen LogP contribution in [0.4, 0.5) is 10.5 Å². The number of hydrogen-bond donors (Lipinski definition) is 3. The van der Waals surface area contributed by atoms with Gasteiger partial charge in [0.25, 0.3) is 0 Å². The number of benzene rings is 1. The number of amides is 2. The number of nitrogens with zero attached hydrogens (tertiary/aromatic N) is 2. The van der Waals surface area contributed by atoms with Gasteiger partial charge in [-0.1, -0.05) is 19.9 Å². The van der Waals surface area contributed by atoms with Crippen molar-refractivity contribution < 1.29 is 9.90 Å². The molecule has 0 aliphatic carbocycles. The topological polar surface area (TPSA) is 79.2 Å². The fourth-order valence-corrected chi connectivity index (χ4v) is 2.70. The van der Waals surface area contributed by atoms with Gasteiger partial charge in [0.05, 0.1) is 23.5 Å². The lowest BCUT2D eigenvalue weighted by atomic mass is 9.94. The van der Waals surface area contributed by atoms with Crippen LogP contribution in [0.2, 0.25) is 0 Å². The molecule has 0 atom stereocenters. The summed E-state index contributed by atoms with van der Waals surface area (Å²) >= 11 is 0. The van der Waals surface area contributed by atoms with Crippen molar-refractivity contribution in [3.63, 3.8) is 0 Å². The van der Waals surface area contributed by atoms with Crippen LogP contribution in [-0.2, 0) is 0 Å². The minimum absolute atomic E-state index is 0.0841. The Hall–Kier alpha value is -2.34. The molecule has 2 amide bonds. The first-order chi connectivity index (χ1) is 11.4. The molecule has 1 aromatic carbocycles. The third-order valence-electron chi connectivity index (χ3n) is 4.39. The van der Waals surface area contributed by atoms with Gasteiger partial charge in [0.1, 0.15) is 0 Å². The van der Waals surface area contributed by atoms with Gasteiger partial charge in [0.2, 0.25) is 0 Å². The number of aromatic nitrogens is 2. The summed E-state index contributed by atoms with van der Waals surface area (Å²) in [6, 6.07) is 9.20. The Bertz CT molecular complexity index is 697. The number of aliphatic hydroxyl groups is 1. The minimum atomic E-state index is -0.586. The number of aliphatic hydroxyl groups excluding tert-OH is 1. The van der Waals surface area contributed by atoms with E-state index in [0.717, 1.165) is 17.1 Å². The molecule has 24 heavy (non-hydrogen) atoms. The van der Waals surface area contributed by atoms with Crippen LogP contribution in [0, 0.1) is 13.8 Å². The van der Waals surface area contributed by atoms with Crippen LogP contribution >= 0.6 is 0 Å².